The molecule has 3 aromatic rings. The lowest BCUT2D eigenvalue weighted by Gasteiger charge is -2.59. The average molecular weight is 923 g/mol. The van der Waals surface area contributed by atoms with Crippen molar-refractivity contribution < 1.29 is 43.5 Å². The van der Waals surface area contributed by atoms with Crippen molar-refractivity contribution in [3.8, 4) is 5.75 Å². The van der Waals surface area contributed by atoms with E-state index >= 15 is 0 Å². The van der Waals surface area contributed by atoms with Gasteiger partial charge in [0.25, 0.3) is 17.7 Å². The summed E-state index contributed by atoms with van der Waals surface area (Å²) in [6, 6.07) is 14.5. The third kappa shape index (κ3) is 8.45. The number of imide groups is 1. The lowest BCUT2D eigenvalue weighted by atomic mass is 9.59. The van der Waals surface area contributed by atoms with E-state index in [1.807, 2.05) is 23.3 Å². The van der Waals surface area contributed by atoms with Crippen LogP contribution in [0.4, 0.5) is 5.69 Å². The molecular weight excluding hydrogens is 862 g/mol. The van der Waals surface area contributed by atoms with Crippen molar-refractivity contribution in [2.24, 2.45) is 4.99 Å². The first kappa shape index (κ1) is 46.0. The monoisotopic (exact) mass is 921 g/mol. The first-order valence-electron chi connectivity index (χ1n) is 23.4. The fourth-order valence-electron chi connectivity index (χ4n) is 11.3. The number of carbonyl (C=O) groups is 3. The van der Waals surface area contributed by atoms with Crippen molar-refractivity contribution >= 4 is 51.6 Å². The Morgan fingerprint density at radius 3 is 2.39 bits per heavy atom. The van der Waals surface area contributed by atoms with E-state index in [1.165, 1.54) is 46.2 Å². The molecule has 1 fully saturated rings. The zero-order valence-electron chi connectivity index (χ0n) is 37.8. The number of unbranched alkanes of at least 4 members (excludes halogenated alkanes) is 1. The van der Waals surface area contributed by atoms with E-state index in [4.69, 9.17) is 35.5 Å². The molecule has 4 bridgehead atoms. The molecule has 350 valence electrons. The summed E-state index contributed by atoms with van der Waals surface area (Å²) >= 11 is 6.92. The minimum atomic E-state index is -1.29. The number of aliphatic hydroxyl groups is 1. The third-order valence-corrected chi connectivity index (χ3v) is 14.8. The van der Waals surface area contributed by atoms with Gasteiger partial charge in [0.2, 0.25) is 0 Å². The molecule has 6 aliphatic rings. The summed E-state index contributed by atoms with van der Waals surface area (Å²) in [6.45, 7) is 8.04. The Kier molecular flexibility index (Phi) is 13.4. The number of amides is 3. The molecule has 1 saturated carbocycles. The summed E-state index contributed by atoms with van der Waals surface area (Å²) in [6.07, 6.45) is 13.4. The zero-order valence-corrected chi connectivity index (χ0v) is 38.6. The molecule has 66 heavy (non-hydrogen) atoms. The second-order valence-electron chi connectivity index (χ2n) is 18.3. The Labute approximate surface area is 390 Å². The predicted molar refractivity (Wildman–Crippen MR) is 252 cm³/mol. The van der Waals surface area contributed by atoms with E-state index in [0.717, 1.165) is 54.1 Å². The van der Waals surface area contributed by atoms with Crippen LogP contribution in [0.25, 0.3) is 10.8 Å². The Morgan fingerprint density at radius 2 is 1.67 bits per heavy atom. The van der Waals surface area contributed by atoms with E-state index in [0.29, 0.717) is 82.7 Å². The maximum Gasteiger partial charge on any atom is 0.255 e. The van der Waals surface area contributed by atoms with Crippen LogP contribution in [0.3, 0.4) is 0 Å². The predicted octanol–water partition coefficient (Wildman–Crippen LogP) is 6.35. The number of phenols is 1. The van der Waals surface area contributed by atoms with Crippen molar-refractivity contribution in [2.75, 3.05) is 76.7 Å². The average Bonchev–Trinajstić information content (AvgIpc) is 4.01. The molecule has 3 amide bonds. The second-order valence-corrected chi connectivity index (χ2v) is 18.6. The maximum absolute atomic E-state index is 14.0. The van der Waals surface area contributed by atoms with E-state index in [-0.39, 0.29) is 42.5 Å². The van der Waals surface area contributed by atoms with Gasteiger partial charge < -0.3 is 44.3 Å². The summed E-state index contributed by atoms with van der Waals surface area (Å²) < 4.78 is 24.6. The standard InChI is InChI=1S/C51H60ClN5O9/c1-3-4-19-51(62,42-32-55-31-37(11-14-43(55)54-42)53-48(61)35-9-12-38(58)13-10-35)50-18-6-17-49(33-50,40-28-41-47(36(29-52)30-57(41)50)46-34(2)7-5-8-39(40)46)66-27-26-65-25-24-64-23-22-63-21-20-56-44(59)15-16-45(56)60/h5,7-16,28,31,36,42,58,62H,3-4,6,17-27,29-30,32-33H2,1-2H3,(H,53,61). The lowest BCUT2D eigenvalue weighted by molar-refractivity contribution is -0.153. The first-order chi connectivity index (χ1) is 32.0. The largest absolute Gasteiger partial charge is 0.508 e. The normalized spacial score (nSPS) is 24.8. The van der Waals surface area contributed by atoms with E-state index in [2.05, 4.69) is 48.3 Å². The van der Waals surface area contributed by atoms with Gasteiger partial charge in [0.15, 0.2) is 0 Å². The number of nitrogens with zero attached hydrogens (tertiary/aromatic N) is 4. The molecule has 14 nitrogen and oxygen atoms in total. The number of amidine groups is 1. The molecular formula is C51H60ClN5O9. The number of aryl methyl sites for hydroxylation is 1. The van der Waals surface area contributed by atoms with Gasteiger partial charge in [0.1, 0.15) is 23.2 Å². The quantitative estimate of drug-likeness (QED) is 0.0620. The summed E-state index contributed by atoms with van der Waals surface area (Å²) in [5.41, 5.74) is 2.97. The highest BCUT2D eigenvalue weighted by atomic mass is 35.5. The molecule has 5 atom stereocenters. The van der Waals surface area contributed by atoms with Gasteiger partial charge in [0, 0.05) is 60.9 Å². The number of hydrogen-bond acceptors (Lipinski definition) is 12. The summed E-state index contributed by atoms with van der Waals surface area (Å²) in [5, 5.41) is 29.1. The van der Waals surface area contributed by atoms with Gasteiger partial charge in [-0.1, -0.05) is 38.0 Å². The molecule has 0 spiro atoms. The second kappa shape index (κ2) is 19.3. The first-order valence-corrected chi connectivity index (χ1v) is 23.9. The fraction of sp³-hybridized carbons (Fsp3) is 0.490. The maximum atomic E-state index is 14.0. The SMILES string of the molecule is CCCCC(O)(C1CN2C=C(NC(=O)c3ccc(O)cc3)C=CC2=N1)C12CCCC(OCCOCCOCCOCCN3C(=O)C=CC3=O)(C1)c1cc3c(c4c(C)cccc14)C(CCl)CN32. The van der Waals surface area contributed by atoms with Crippen LogP contribution < -0.4 is 10.2 Å². The molecule has 0 aromatic heterocycles. The van der Waals surface area contributed by atoms with Gasteiger partial charge in [-0.05, 0) is 103 Å². The van der Waals surface area contributed by atoms with E-state index in [9.17, 15) is 24.6 Å². The van der Waals surface area contributed by atoms with Crippen molar-refractivity contribution in [1.29, 1.82) is 0 Å². The molecule has 5 heterocycles. The van der Waals surface area contributed by atoms with Crippen LogP contribution in [-0.4, -0.2) is 133 Å². The number of ether oxygens (including phenoxy) is 4. The van der Waals surface area contributed by atoms with Crippen molar-refractivity contribution in [1.82, 2.24) is 15.1 Å². The van der Waals surface area contributed by atoms with Crippen LogP contribution >= 0.6 is 11.6 Å². The molecule has 0 saturated heterocycles. The number of hydrogen-bond donors (Lipinski definition) is 3. The van der Waals surface area contributed by atoms with Gasteiger partial charge in [-0.15, -0.1) is 11.6 Å². The Hall–Kier alpha value is -5.09. The van der Waals surface area contributed by atoms with Crippen molar-refractivity contribution in [2.45, 2.75) is 87.5 Å². The molecule has 5 unspecified atom stereocenters. The highest BCUT2D eigenvalue weighted by molar-refractivity contribution is 6.19. The number of rotatable bonds is 21. The van der Waals surface area contributed by atoms with Crippen LogP contribution in [0.2, 0.25) is 0 Å². The lowest BCUT2D eigenvalue weighted by Crippen LogP contribution is -2.71. The van der Waals surface area contributed by atoms with Crippen LogP contribution in [0, 0.1) is 6.92 Å². The summed E-state index contributed by atoms with van der Waals surface area (Å²) in [4.78, 5) is 47.7. The molecule has 5 aliphatic heterocycles. The van der Waals surface area contributed by atoms with Crippen LogP contribution in [-0.2, 0) is 34.1 Å². The molecule has 3 aromatic carbocycles. The van der Waals surface area contributed by atoms with Crippen LogP contribution in [0.15, 0.2) is 89.7 Å². The highest BCUT2D eigenvalue weighted by Gasteiger charge is 2.66. The number of anilines is 1. The van der Waals surface area contributed by atoms with Crippen LogP contribution in [0.5, 0.6) is 5.75 Å². The minimum absolute atomic E-state index is 0.0693. The van der Waals surface area contributed by atoms with E-state index in [1.54, 1.807) is 12.1 Å². The van der Waals surface area contributed by atoms with Gasteiger partial charge in [-0.25, -0.2) is 0 Å². The fourth-order valence-corrected chi connectivity index (χ4v) is 11.6. The molecule has 0 radical (unpaired) electrons. The van der Waals surface area contributed by atoms with Crippen molar-refractivity contribution in [3.05, 3.63) is 107 Å². The number of aromatic hydroxyl groups is 1. The van der Waals surface area contributed by atoms with Gasteiger partial charge >= 0.3 is 0 Å². The third-order valence-electron chi connectivity index (χ3n) is 14.5. The smallest absolute Gasteiger partial charge is 0.255 e. The minimum Gasteiger partial charge on any atom is -0.508 e. The summed E-state index contributed by atoms with van der Waals surface area (Å²) in [7, 11) is 0. The van der Waals surface area contributed by atoms with Gasteiger partial charge in [-0.3, -0.25) is 24.3 Å². The molecule has 1 aliphatic carbocycles. The number of benzene rings is 3. The Balaban J connectivity index is 0.943. The zero-order chi connectivity index (χ0) is 46.1. The van der Waals surface area contributed by atoms with Gasteiger partial charge in [0.05, 0.1) is 69.6 Å². The number of aliphatic imine (C=N–C) groups is 1. The Bertz CT molecular complexity index is 2460. The number of phenolic OH excluding ortho intramolecular Hbond substituents is 1. The van der Waals surface area contributed by atoms with Crippen molar-refractivity contribution in [3.63, 3.8) is 0 Å². The number of nitrogens with one attached hydrogen (secondary N) is 1. The van der Waals surface area contributed by atoms with Gasteiger partial charge in [-0.2, -0.15) is 0 Å². The highest BCUT2D eigenvalue weighted by Crippen LogP contribution is 2.62. The van der Waals surface area contributed by atoms with Crippen LogP contribution in [0.1, 0.15) is 84.8 Å². The number of alkyl halides is 1. The molecule has 9 rings (SSSR count). The topological polar surface area (TPSA) is 163 Å². The molecule has 3 N–H and O–H groups in total. The number of allylic oxidation sites excluding steroid dienone is 1. The van der Waals surface area contributed by atoms with E-state index < -0.39 is 22.8 Å². The number of fused-ring (bicyclic) bond motifs is 9. The summed E-state index contributed by atoms with van der Waals surface area (Å²) in [5.74, 6) is 0.427. The number of carbonyl (C=O) groups excluding carboxylic acids is 3. The Morgan fingerprint density at radius 1 is 0.939 bits per heavy atom. The molecule has 15 heteroatoms. The number of halogens is 1.